The molecular weight excluding hydrogens is 159 g/mol. The molecule has 0 aromatic carbocycles. The van der Waals surface area contributed by atoms with Gasteiger partial charge in [0, 0.05) is 7.05 Å². The average Bonchev–Trinajstić information content (AvgIpc) is 1.64. The maximum Gasteiger partial charge on any atom is 0.512 e. The van der Waals surface area contributed by atoms with Crippen molar-refractivity contribution in [3.05, 3.63) is 0 Å². The van der Waals surface area contributed by atoms with Gasteiger partial charge in [0.25, 0.3) is 0 Å². The van der Waals surface area contributed by atoms with Gasteiger partial charge in [-0.2, -0.15) is 13.2 Å². The van der Waals surface area contributed by atoms with E-state index in [9.17, 15) is 21.6 Å². The Bertz CT molecular complexity index is 180. The summed E-state index contributed by atoms with van der Waals surface area (Å²) in [6.07, 6.45) is 0. The second-order valence-electron chi connectivity index (χ2n) is 1.10. The van der Waals surface area contributed by atoms with E-state index in [0.29, 0.717) is 7.05 Å². The van der Waals surface area contributed by atoms with Crippen LogP contribution in [0.4, 0.5) is 13.2 Å². The number of hydrogen-bond acceptors (Lipinski definition) is 2. The number of hydrogen-bond donors (Lipinski definition) is 0. The average molecular weight is 162 g/mol. The first-order chi connectivity index (χ1) is 3.81. The molecule has 0 spiro atoms. The Kier molecular flexibility index (Phi) is 2.07. The van der Waals surface area contributed by atoms with E-state index in [2.05, 4.69) is 4.72 Å². The van der Waals surface area contributed by atoms with Gasteiger partial charge in [-0.05, 0) is 0 Å². The van der Waals surface area contributed by atoms with E-state index in [4.69, 9.17) is 0 Å². The van der Waals surface area contributed by atoms with Crippen LogP contribution in [0.2, 0.25) is 0 Å². The van der Waals surface area contributed by atoms with Gasteiger partial charge in [-0.3, -0.25) is 0 Å². The summed E-state index contributed by atoms with van der Waals surface area (Å²) < 4.78 is 55.1. The molecule has 9 heavy (non-hydrogen) atoms. The lowest BCUT2D eigenvalue weighted by molar-refractivity contribution is -0.0446. The summed E-state index contributed by atoms with van der Waals surface area (Å²) in [5.74, 6) is 0. The minimum Gasteiger partial charge on any atom is -0.201 e. The van der Waals surface area contributed by atoms with Crippen molar-refractivity contribution in [2.75, 3.05) is 7.05 Å². The van der Waals surface area contributed by atoms with Crippen molar-refractivity contribution < 1.29 is 21.6 Å². The molecule has 0 unspecified atom stereocenters. The summed E-state index contributed by atoms with van der Waals surface area (Å²) in [7, 11) is -4.64. The van der Waals surface area contributed by atoms with Crippen LogP contribution in [-0.2, 0) is 10.0 Å². The standard InChI is InChI=1S/C2H3F3NO2S/c1-6-9(7,8)2(3,4)5/h1H3. The molecule has 0 aliphatic rings. The molecule has 0 aromatic heterocycles. The third kappa shape index (κ3) is 1.83. The SMILES string of the molecule is C[N]S(=O)(=O)C(F)(F)F. The minimum atomic E-state index is -5.25. The fourth-order valence-corrected chi connectivity index (χ4v) is 0.311. The number of alkyl halides is 3. The molecule has 0 saturated heterocycles. The lowest BCUT2D eigenvalue weighted by Crippen LogP contribution is -2.29. The van der Waals surface area contributed by atoms with Gasteiger partial charge in [0.05, 0.1) is 0 Å². The normalized spacial score (nSPS) is 13.8. The highest BCUT2D eigenvalue weighted by atomic mass is 32.2. The first-order valence-electron chi connectivity index (χ1n) is 1.73. The second-order valence-corrected chi connectivity index (χ2v) is 2.88. The number of halogens is 3. The van der Waals surface area contributed by atoms with Gasteiger partial charge >= 0.3 is 15.5 Å². The number of nitrogens with zero attached hydrogens (tertiary/aromatic N) is 1. The highest BCUT2D eigenvalue weighted by Crippen LogP contribution is 2.21. The summed E-state index contributed by atoms with van der Waals surface area (Å²) in [5, 5.41) is 0. The van der Waals surface area contributed by atoms with Crippen LogP contribution in [0.5, 0.6) is 0 Å². The lowest BCUT2D eigenvalue weighted by atomic mass is 11.5. The Morgan fingerprint density at radius 1 is 1.33 bits per heavy atom. The smallest absolute Gasteiger partial charge is 0.201 e. The van der Waals surface area contributed by atoms with Crippen LogP contribution in [0.15, 0.2) is 0 Å². The maximum absolute atomic E-state index is 11.2. The molecular formula is C2H3F3NO2S. The van der Waals surface area contributed by atoms with Gasteiger partial charge in [-0.25, -0.2) is 8.42 Å². The van der Waals surface area contributed by atoms with E-state index in [1.807, 2.05) is 0 Å². The molecule has 0 amide bonds. The lowest BCUT2D eigenvalue weighted by Gasteiger charge is -2.02. The van der Waals surface area contributed by atoms with Crippen LogP contribution in [0.25, 0.3) is 0 Å². The predicted molar refractivity (Wildman–Crippen MR) is 23.0 cm³/mol. The highest BCUT2D eigenvalue weighted by Gasteiger charge is 2.45. The largest absolute Gasteiger partial charge is 0.512 e. The third-order valence-electron chi connectivity index (χ3n) is 0.533. The van der Waals surface area contributed by atoms with E-state index in [1.165, 1.54) is 0 Å². The molecule has 0 aromatic rings. The first-order valence-corrected chi connectivity index (χ1v) is 3.17. The molecule has 1 radical (unpaired) electrons. The molecule has 0 saturated carbocycles. The zero-order valence-electron chi connectivity index (χ0n) is 4.31. The summed E-state index contributed by atoms with van der Waals surface area (Å²) in [6.45, 7) is 0. The van der Waals surface area contributed by atoms with Crippen molar-refractivity contribution in [1.82, 2.24) is 4.72 Å². The summed E-state index contributed by atoms with van der Waals surface area (Å²) >= 11 is 0. The van der Waals surface area contributed by atoms with E-state index < -0.39 is 15.5 Å². The van der Waals surface area contributed by atoms with E-state index in [0.717, 1.165) is 0 Å². The maximum atomic E-state index is 11.2. The van der Waals surface area contributed by atoms with Gasteiger partial charge in [-0.15, -0.1) is 4.72 Å². The molecule has 0 aliphatic carbocycles. The van der Waals surface area contributed by atoms with Crippen molar-refractivity contribution >= 4 is 10.0 Å². The van der Waals surface area contributed by atoms with Crippen molar-refractivity contribution in [3.63, 3.8) is 0 Å². The summed E-state index contributed by atoms with van der Waals surface area (Å²) in [6, 6.07) is 0. The Hall–Kier alpha value is -0.300. The minimum absolute atomic E-state index is 0.572. The topological polar surface area (TPSA) is 48.2 Å². The molecule has 55 valence electrons. The van der Waals surface area contributed by atoms with Crippen LogP contribution in [0.3, 0.4) is 0 Å². The van der Waals surface area contributed by atoms with Crippen molar-refractivity contribution in [3.8, 4) is 0 Å². The van der Waals surface area contributed by atoms with Gasteiger partial charge in [0.15, 0.2) is 0 Å². The van der Waals surface area contributed by atoms with Gasteiger partial charge in [-0.1, -0.05) is 0 Å². The number of sulfonamides is 1. The monoisotopic (exact) mass is 162 g/mol. The number of rotatable bonds is 1. The Morgan fingerprint density at radius 3 is 1.67 bits per heavy atom. The van der Waals surface area contributed by atoms with Crippen LogP contribution in [0, 0.1) is 0 Å². The van der Waals surface area contributed by atoms with E-state index in [1.54, 1.807) is 0 Å². The second kappa shape index (κ2) is 2.14. The zero-order valence-corrected chi connectivity index (χ0v) is 5.12. The van der Waals surface area contributed by atoms with Crippen LogP contribution in [-0.4, -0.2) is 21.0 Å². The Morgan fingerprint density at radius 2 is 1.67 bits per heavy atom. The molecule has 0 atom stereocenters. The van der Waals surface area contributed by atoms with Gasteiger partial charge in [0.2, 0.25) is 0 Å². The molecule has 3 nitrogen and oxygen atoms in total. The fraction of sp³-hybridized carbons (Fsp3) is 1.00. The highest BCUT2D eigenvalue weighted by molar-refractivity contribution is 7.90. The van der Waals surface area contributed by atoms with E-state index in [-0.39, 0.29) is 0 Å². The molecule has 0 rings (SSSR count). The van der Waals surface area contributed by atoms with Crippen LogP contribution in [0.1, 0.15) is 0 Å². The summed E-state index contributed by atoms with van der Waals surface area (Å²) in [5.41, 5.74) is -5.25. The van der Waals surface area contributed by atoms with Crippen LogP contribution < -0.4 is 4.72 Å². The summed E-state index contributed by atoms with van der Waals surface area (Å²) in [4.78, 5) is 0. The first kappa shape index (κ1) is 8.70. The Balaban J connectivity index is 4.57. The van der Waals surface area contributed by atoms with Crippen molar-refractivity contribution in [2.24, 2.45) is 0 Å². The molecule has 7 heteroatoms. The molecule has 0 bridgehead atoms. The molecule has 0 aliphatic heterocycles. The molecule has 0 heterocycles. The fourth-order valence-electron chi connectivity index (χ4n) is 0.104. The third-order valence-corrected chi connectivity index (χ3v) is 1.60. The molecule has 0 N–H and O–H groups in total. The molecule has 0 fully saturated rings. The van der Waals surface area contributed by atoms with Gasteiger partial charge < -0.3 is 0 Å². The van der Waals surface area contributed by atoms with Crippen molar-refractivity contribution in [2.45, 2.75) is 5.51 Å². The predicted octanol–water partition coefficient (Wildman–Crippen LogP) is 0.0702. The van der Waals surface area contributed by atoms with Crippen LogP contribution >= 0.6 is 0 Å². The van der Waals surface area contributed by atoms with E-state index >= 15 is 0 Å². The Labute approximate surface area is 49.9 Å². The van der Waals surface area contributed by atoms with Crippen molar-refractivity contribution in [1.29, 1.82) is 0 Å². The zero-order chi connectivity index (χ0) is 7.71. The quantitative estimate of drug-likeness (QED) is 0.547. The van der Waals surface area contributed by atoms with Gasteiger partial charge in [0.1, 0.15) is 0 Å².